The normalized spacial score (nSPS) is 14.9. The SMILES string of the molecule is CC(C)n1ccnc1CN1CCc2onc(-c3ccc(Cl)cc3)c2C1. The van der Waals surface area contributed by atoms with Crippen molar-refractivity contribution in [3.05, 3.63) is 58.8 Å². The zero-order valence-corrected chi connectivity index (χ0v) is 15.2. The van der Waals surface area contributed by atoms with E-state index in [0.29, 0.717) is 6.04 Å². The number of imidazole rings is 1. The molecule has 3 heterocycles. The molecule has 130 valence electrons. The standard InChI is InChI=1S/C19H21ClN4O/c1-13(2)24-10-8-21-18(24)12-23-9-7-17-16(11-23)19(22-25-17)14-3-5-15(20)6-4-14/h3-6,8,10,13H,7,9,11-12H2,1-2H3. The van der Waals surface area contributed by atoms with E-state index in [1.165, 1.54) is 5.56 Å². The van der Waals surface area contributed by atoms with Gasteiger partial charge in [0.05, 0.1) is 6.54 Å². The van der Waals surface area contributed by atoms with Crippen LogP contribution in [0.1, 0.15) is 37.0 Å². The molecule has 0 fully saturated rings. The van der Waals surface area contributed by atoms with Crippen LogP contribution >= 0.6 is 11.6 Å². The van der Waals surface area contributed by atoms with Gasteiger partial charge in [-0.05, 0) is 26.0 Å². The Morgan fingerprint density at radius 1 is 1.24 bits per heavy atom. The molecular formula is C19H21ClN4O. The summed E-state index contributed by atoms with van der Waals surface area (Å²) < 4.78 is 7.81. The van der Waals surface area contributed by atoms with Gasteiger partial charge in [0.15, 0.2) is 0 Å². The number of halogens is 1. The predicted molar refractivity (Wildman–Crippen MR) is 97.4 cm³/mol. The van der Waals surface area contributed by atoms with E-state index in [-0.39, 0.29) is 0 Å². The molecule has 3 aromatic rings. The van der Waals surface area contributed by atoms with E-state index in [0.717, 1.165) is 53.9 Å². The zero-order valence-electron chi connectivity index (χ0n) is 14.4. The smallest absolute Gasteiger partial charge is 0.143 e. The van der Waals surface area contributed by atoms with Gasteiger partial charge >= 0.3 is 0 Å². The van der Waals surface area contributed by atoms with E-state index >= 15 is 0 Å². The Hall–Kier alpha value is -2.11. The van der Waals surface area contributed by atoms with Gasteiger partial charge in [-0.3, -0.25) is 4.90 Å². The molecule has 0 aliphatic carbocycles. The van der Waals surface area contributed by atoms with E-state index in [4.69, 9.17) is 16.1 Å². The summed E-state index contributed by atoms with van der Waals surface area (Å²) in [4.78, 5) is 6.94. The molecule has 0 saturated carbocycles. The van der Waals surface area contributed by atoms with Crippen LogP contribution in [0.4, 0.5) is 0 Å². The van der Waals surface area contributed by atoms with Crippen molar-refractivity contribution in [2.24, 2.45) is 0 Å². The van der Waals surface area contributed by atoms with Crippen LogP contribution in [0.5, 0.6) is 0 Å². The zero-order chi connectivity index (χ0) is 17.4. The number of fused-ring (bicyclic) bond motifs is 1. The third kappa shape index (κ3) is 3.22. The summed E-state index contributed by atoms with van der Waals surface area (Å²) in [6, 6.07) is 8.17. The molecule has 0 amide bonds. The third-order valence-electron chi connectivity index (χ3n) is 4.69. The van der Waals surface area contributed by atoms with Crippen LogP contribution in [0.2, 0.25) is 5.02 Å². The van der Waals surface area contributed by atoms with E-state index in [1.54, 1.807) is 0 Å². The average Bonchev–Trinajstić information content (AvgIpc) is 3.22. The molecule has 0 bridgehead atoms. The molecule has 0 radical (unpaired) electrons. The van der Waals surface area contributed by atoms with Crippen LogP contribution in [-0.2, 0) is 19.5 Å². The van der Waals surface area contributed by atoms with Crippen LogP contribution in [0.25, 0.3) is 11.3 Å². The Balaban J connectivity index is 1.57. The van der Waals surface area contributed by atoms with Crippen molar-refractivity contribution in [3.63, 3.8) is 0 Å². The fourth-order valence-corrected chi connectivity index (χ4v) is 3.50. The lowest BCUT2D eigenvalue weighted by Gasteiger charge is -2.26. The van der Waals surface area contributed by atoms with Gasteiger partial charge in [0.2, 0.25) is 0 Å². The maximum absolute atomic E-state index is 6.00. The fraction of sp³-hybridized carbons (Fsp3) is 0.368. The van der Waals surface area contributed by atoms with Crippen LogP contribution in [-0.4, -0.2) is 26.2 Å². The Morgan fingerprint density at radius 3 is 2.80 bits per heavy atom. The van der Waals surface area contributed by atoms with Gasteiger partial charge in [-0.25, -0.2) is 4.98 Å². The number of nitrogens with zero attached hydrogens (tertiary/aromatic N) is 4. The lowest BCUT2D eigenvalue weighted by molar-refractivity contribution is 0.219. The second-order valence-electron chi connectivity index (χ2n) is 6.74. The Labute approximate surface area is 152 Å². The van der Waals surface area contributed by atoms with Crippen molar-refractivity contribution in [3.8, 4) is 11.3 Å². The first kappa shape index (κ1) is 16.4. The maximum Gasteiger partial charge on any atom is 0.143 e. The first-order valence-corrected chi connectivity index (χ1v) is 8.97. The van der Waals surface area contributed by atoms with Gasteiger partial charge in [0.25, 0.3) is 0 Å². The highest BCUT2D eigenvalue weighted by Crippen LogP contribution is 2.31. The molecule has 25 heavy (non-hydrogen) atoms. The molecule has 0 saturated heterocycles. The highest BCUT2D eigenvalue weighted by atomic mass is 35.5. The molecule has 0 atom stereocenters. The van der Waals surface area contributed by atoms with Crippen molar-refractivity contribution in [1.29, 1.82) is 0 Å². The van der Waals surface area contributed by atoms with Gasteiger partial charge < -0.3 is 9.09 Å². The molecule has 5 nitrogen and oxygen atoms in total. The number of rotatable bonds is 4. The average molecular weight is 357 g/mol. The summed E-state index contributed by atoms with van der Waals surface area (Å²) in [5, 5.41) is 5.03. The summed E-state index contributed by atoms with van der Waals surface area (Å²) in [5.41, 5.74) is 3.14. The first-order valence-electron chi connectivity index (χ1n) is 8.59. The van der Waals surface area contributed by atoms with Gasteiger partial charge in [-0.15, -0.1) is 0 Å². The van der Waals surface area contributed by atoms with Crippen LogP contribution in [0, 0.1) is 0 Å². The largest absolute Gasteiger partial charge is 0.360 e. The van der Waals surface area contributed by atoms with E-state index in [9.17, 15) is 0 Å². The molecule has 2 aromatic heterocycles. The first-order chi connectivity index (χ1) is 12.1. The lowest BCUT2D eigenvalue weighted by atomic mass is 10.0. The lowest BCUT2D eigenvalue weighted by Crippen LogP contribution is -2.31. The topological polar surface area (TPSA) is 47.1 Å². The Morgan fingerprint density at radius 2 is 2.04 bits per heavy atom. The molecule has 4 rings (SSSR count). The minimum Gasteiger partial charge on any atom is -0.360 e. The van der Waals surface area contributed by atoms with E-state index in [2.05, 4.69) is 33.5 Å². The molecule has 1 aliphatic rings. The summed E-state index contributed by atoms with van der Waals surface area (Å²) in [6.07, 6.45) is 4.80. The van der Waals surface area contributed by atoms with Crippen LogP contribution in [0.15, 0.2) is 41.2 Å². The van der Waals surface area contributed by atoms with Gasteiger partial charge in [0, 0.05) is 54.1 Å². The Bertz CT molecular complexity index is 866. The summed E-state index contributed by atoms with van der Waals surface area (Å²) in [6.45, 7) is 6.96. The highest BCUT2D eigenvalue weighted by Gasteiger charge is 2.25. The van der Waals surface area contributed by atoms with Crippen molar-refractivity contribution in [2.45, 2.75) is 39.4 Å². The maximum atomic E-state index is 6.00. The van der Waals surface area contributed by atoms with Crippen LogP contribution < -0.4 is 0 Å². The Kier molecular flexibility index (Phi) is 4.36. The number of hydrogen-bond donors (Lipinski definition) is 0. The van der Waals surface area contributed by atoms with Crippen molar-refractivity contribution in [2.75, 3.05) is 6.54 Å². The minimum atomic E-state index is 0.415. The molecule has 0 unspecified atom stereocenters. The molecule has 6 heteroatoms. The fourth-order valence-electron chi connectivity index (χ4n) is 3.37. The minimum absolute atomic E-state index is 0.415. The van der Waals surface area contributed by atoms with Crippen LogP contribution in [0.3, 0.4) is 0 Å². The summed E-state index contributed by atoms with van der Waals surface area (Å²) in [5.74, 6) is 2.09. The second-order valence-corrected chi connectivity index (χ2v) is 7.18. The summed E-state index contributed by atoms with van der Waals surface area (Å²) in [7, 11) is 0. The number of benzene rings is 1. The van der Waals surface area contributed by atoms with Crippen molar-refractivity contribution < 1.29 is 4.52 Å². The highest BCUT2D eigenvalue weighted by molar-refractivity contribution is 6.30. The molecule has 1 aromatic carbocycles. The second kappa shape index (κ2) is 6.65. The molecule has 1 aliphatic heterocycles. The summed E-state index contributed by atoms with van der Waals surface area (Å²) >= 11 is 6.00. The number of hydrogen-bond acceptors (Lipinski definition) is 4. The van der Waals surface area contributed by atoms with Crippen molar-refractivity contribution in [1.82, 2.24) is 19.6 Å². The molecule has 0 spiro atoms. The molecular weight excluding hydrogens is 336 g/mol. The van der Waals surface area contributed by atoms with E-state index < -0.39 is 0 Å². The number of aromatic nitrogens is 3. The van der Waals surface area contributed by atoms with E-state index in [1.807, 2.05) is 36.7 Å². The van der Waals surface area contributed by atoms with Gasteiger partial charge in [-0.2, -0.15) is 0 Å². The van der Waals surface area contributed by atoms with Crippen molar-refractivity contribution >= 4 is 11.6 Å². The van der Waals surface area contributed by atoms with Gasteiger partial charge in [0.1, 0.15) is 17.3 Å². The van der Waals surface area contributed by atoms with Gasteiger partial charge in [-0.1, -0.05) is 28.9 Å². The third-order valence-corrected chi connectivity index (χ3v) is 4.95. The predicted octanol–water partition coefficient (Wildman–Crippen LogP) is 4.33. The molecule has 0 N–H and O–H groups in total. The quantitative estimate of drug-likeness (QED) is 0.698. The monoisotopic (exact) mass is 356 g/mol.